The highest BCUT2D eigenvalue weighted by molar-refractivity contribution is 6.04. The summed E-state index contributed by atoms with van der Waals surface area (Å²) in [6.07, 6.45) is 9.55. The van der Waals surface area contributed by atoms with E-state index in [2.05, 4.69) is 4.90 Å². The van der Waals surface area contributed by atoms with Crippen LogP contribution in [0.15, 0.2) is 0 Å². The molecule has 1 atom stereocenters. The van der Waals surface area contributed by atoms with Gasteiger partial charge < -0.3 is 9.64 Å². The standard InChI is InChI=1S/C20H31N3O4/c24-17-4-5-18(25)23(17)15-19(26)22-12-10-21(11-13-22)14-16-6-9-20(27-16)7-2-1-3-8-20/h16H,1-15H2. The molecule has 4 rings (SSSR count). The van der Waals surface area contributed by atoms with Crippen LogP contribution in [0.3, 0.4) is 0 Å². The van der Waals surface area contributed by atoms with Crippen LogP contribution < -0.4 is 0 Å². The quantitative estimate of drug-likeness (QED) is 0.688. The predicted octanol–water partition coefficient (Wildman–Crippen LogP) is 1.16. The lowest BCUT2D eigenvalue weighted by molar-refractivity contribution is -0.146. The Morgan fingerprint density at radius 1 is 0.963 bits per heavy atom. The molecule has 1 aliphatic carbocycles. The molecule has 0 aromatic heterocycles. The number of carbonyl (C=O) groups is 3. The summed E-state index contributed by atoms with van der Waals surface area (Å²) in [5, 5.41) is 0. The number of hydrogen-bond acceptors (Lipinski definition) is 5. The summed E-state index contributed by atoms with van der Waals surface area (Å²) in [6.45, 7) is 3.85. The third-order valence-electron chi connectivity index (χ3n) is 6.74. The minimum absolute atomic E-state index is 0.0913. The van der Waals surface area contributed by atoms with Crippen molar-refractivity contribution in [2.75, 3.05) is 39.3 Å². The van der Waals surface area contributed by atoms with Gasteiger partial charge in [-0.3, -0.25) is 24.2 Å². The molecule has 0 N–H and O–H groups in total. The van der Waals surface area contributed by atoms with Gasteiger partial charge in [0, 0.05) is 45.6 Å². The summed E-state index contributed by atoms with van der Waals surface area (Å²) in [4.78, 5) is 41.1. The van der Waals surface area contributed by atoms with Crippen LogP contribution in [0.5, 0.6) is 0 Å². The normalized spacial score (nSPS) is 29.1. The van der Waals surface area contributed by atoms with Crippen LogP contribution in [-0.4, -0.2) is 83.4 Å². The molecule has 7 heteroatoms. The third kappa shape index (κ3) is 4.19. The fourth-order valence-electron chi connectivity index (χ4n) is 5.09. The lowest BCUT2D eigenvalue weighted by Crippen LogP contribution is -2.53. The topological polar surface area (TPSA) is 70.2 Å². The molecule has 3 saturated heterocycles. The molecule has 4 aliphatic rings. The van der Waals surface area contributed by atoms with Gasteiger partial charge in [-0.05, 0) is 25.7 Å². The minimum Gasteiger partial charge on any atom is -0.370 e. The Morgan fingerprint density at radius 2 is 1.63 bits per heavy atom. The summed E-state index contributed by atoms with van der Waals surface area (Å²) in [7, 11) is 0. The smallest absolute Gasteiger partial charge is 0.242 e. The van der Waals surface area contributed by atoms with E-state index < -0.39 is 0 Å². The second-order valence-electron chi connectivity index (χ2n) is 8.58. The van der Waals surface area contributed by atoms with Crippen molar-refractivity contribution in [1.82, 2.24) is 14.7 Å². The SMILES string of the molecule is O=C(CN1C(=O)CCC1=O)N1CCN(CC2CCC3(CCCCC3)O2)CC1. The van der Waals surface area contributed by atoms with Crippen molar-refractivity contribution < 1.29 is 19.1 Å². The van der Waals surface area contributed by atoms with E-state index in [0.717, 1.165) is 31.0 Å². The average molecular weight is 377 g/mol. The van der Waals surface area contributed by atoms with Gasteiger partial charge in [-0.2, -0.15) is 0 Å². The summed E-state index contributed by atoms with van der Waals surface area (Å²) in [6, 6.07) is 0. The van der Waals surface area contributed by atoms with Gasteiger partial charge in [0.05, 0.1) is 11.7 Å². The van der Waals surface area contributed by atoms with E-state index in [1.807, 2.05) is 0 Å². The number of carbonyl (C=O) groups excluding carboxylic acids is 3. The fourth-order valence-corrected chi connectivity index (χ4v) is 5.09. The molecule has 4 fully saturated rings. The van der Waals surface area contributed by atoms with Crippen LogP contribution in [-0.2, 0) is 19.1 Å². The van der Waals surface area contributed by atoms with E-state index in [9.17, 15) is 14.4 Å². The van der Waals surface area contributed by atoms with E-state index in [4.69, 9.17) is 4.74 Å². The first-order valence-corrected chi connectivity index (χ1v) is 10.6. The lowest BCUT2D eigenvalue weighted by Gasteiger charge is -2.37. The summed E-state index contributed by atoms with van der Waals surface area (Å²) < 4.78 is 6.48. The summed E-state index contributed by atoms with van der Waals surface area (Å²) in [5.41, 5.74) is 0.162. The van der Waals surface area contributed by atoms with Gasteiger partial charge in [-0.15, -0.1) is 0 Å². The summed E-state index contributed by atoms with van der Waals surface area (Å²) >= 11 is 0. The van der Waals surface area contributed by atoms with Gasteiger partial charge in [0.1, 0.15) is 6.54 Å². The average Bonchev–Trinajstić information content (AvgIpc) is 3.20. The molecule has 3 heterocycles. The van der Waals surface area contributed by atoms with E-state index >= 15 is 0 Å². The van der Waals surface area contributed by atoms with E-state index in [1.165, 1.54) is 38.5 Å². The Balaban J connectivity index is 1.21. The van der Waals surface area contributed by atoms with Crippen molar-refractivity contribution in [2.24, 2.45) is 0 Å². The fraction of sp³-hybridized carbons (Fsp3) is 0.850. The Hall–Kier alpha value is -1.47. The van der Waals surface area contributed by atoms with Crippen LogP contribution in [0.25, 0.3) is 0 Å². The Labute approximate surface area is 161 Å². The monoisotopic (exact) mass is 377 g/mol. The molecule has 0 radical (unpaired) electrons. The Morgan fingerprint density at radius 3 is 2.30 bits per heavy atom. The lowest BCUT2D eigenvalue weighted by atomic mass is 9.83. The van der Waals surface area contributed by atoms with Gasteiger partial charge in [-0.1, -0.05) is 19.3 Å². The zero-order valence-corrected chi connectivity index (χ0v) is 16.2. The second-order valence-corrected chi connectivity index (χ2v) is 8.58. The second kappa shape index (κ2) is 7.87. The van der Waals surface area contributed by atoms with Gasteiger partial charge in [0.2, 0.25) is 17.7 Å². The molecule has 0 aromatic rings. The molecule has 1 saturated carbocycles. The number of rotatable bonds is 4. The predicted molar refractivity (Wildman–Crippen MR) is 98.9 cm³/mol. The van der Waals surface area contributed by atoms with Crippen molar-refractivity contribution >= 4 is 17.7 Å². The van der Waals surface area contributed by atoms with E-state index in [1.54, 1.807) is 4.90 Å². The van der Waals surface area contributed by atoms with Gasteiger partial charge in [0.25, 0.3) is 0 Å². The van der Waals surface area contributed by atoms with Gasteiger partial charge >= 0.3 is 0 Å². The van der Waals surface area contributed by atoms with Crippen LogP contribution in [0.4, 0.5) is 0 Å². The summed E-state index contributed by atoms with van der Waals surface area (Å²) in [5.74, 6) is -0.555. The first-order chi connectivity index (χ1) is 13.0. The highest BCUT2D eigenvalue weighted by atomic mass is 16.5. The molecule has 7 nitrogen and oxygen atoms in total. The number of hydrogen-bond donors (Lipinski definition) is 0. The number of piperazine rings is 1. The molecule has 27 heavy (non-hydrogen) atoms. The van der Waals surface area contributed by atoms with Crippen molar-refractivity contribution in [3.63, 3.8) is 0 Å². The molecule has 1 spiro atoms. The van der Waals surface area contributed by atoms with E-state index in [0.29, 0.717) is 19.2 Å². The van der Waals surface area contributed by atoms with E-state index in [-0.39, 0.29) is 42.7 Å². The maximum atomic E-state index is 12.4. The molecule has 3 amide bonds. The zero-order chi connectivity index (χ0) is 18.9. The number of nitrogens with zero attached hydrogens (tertiary/aromatic N) is 3. The first kappa shape index (κ1) is 18.9. The van der Waals surface area contributed by atoms with Crippen LogP contribution in [0, 0.1) is 0 Å². The minimum atomic E-state index is -0.220. The Bertz CT molecular complexity index is 578. The van der Waals surface area contributed by atoms with Crippen molar-refractivity contribution in [2.45, 2.75) is 69.5 Å². The molecule has 0 bridgehead atoms. The van der Waals surface area contributed by atoms with Gasteiger partial charge in [0.15, 0.2) is 0 Å². The highest BCUT2D eigenvalue weighted by Crippen LogP contribution is 2.42. The van der Waals surface area contributed by atoms with Crippen molar-refractivity contribution in [3.8, 4) is 0 Å². The Kier molecular flexibility index (Phi) is 5.50. The van der Waals surface area contributed by atoms with Gasteiger partial charge in [-0.25, -0.2) is 0 Å². The third-order valence-corrected chi connectivity index (χ3v) is 6.74. The molecular weight excluding hydrogens is 346 g/mol. The molecule has 0 aromatic carbocycles. The number of imide groups is 1. The number of likely N-dealkylation sites (tertiary alicyclic amines) is 1. The maximum Gasteiger partial charge on any atom is 0.242 e. The molecule has 150 valence electrons. The zero-order valence-electron chi connectivity index (χ0n) is 16.2. The largest absolute Gasteiger partial charge is 0.370 e. The van der Waals surface area contributed by atoms with Crippen LogP contribution in [0.2, 0.25) is 0 Å². The number of amides is 3. The molecule has 3 aliphatic heterocycles. The van der Waals surface area contributed by atoms with Crippen molar-refractivity contribution in [1.29, 1.82) is 0 Å². The van der Waals surface area contributed by atoms with Crippen molar-refractivity contribution in [3.05, 3.63) is 0 Å². The highest BCUT2D eigenvalue weighted by Gasteiger charge is 2.41. The first-order valence-electron chi connectivity index (χ1n) is 10.6. The maximum absolute atomic E-state index is 12.4. The molecular formula is C20H31N3O4. The number of ether oxygens (including phenoxy) is 1. The van der Waals surface area contributed by atoms with Crippen LogP contribution in [0.1, 0.15) is 57.8 Å². The molecule has 1 unspecified atom stereocenters. The van der Waals surface area contributed by atoms with Crippen LogP contribution >= 0.6 is 0 Å².